The van der Waals surface area contributed by atoms with E-state index in [0.29, 0.717) is 5.56 Å². The van der Waals surface area contributed by atoms with E-state index in [9.17, 15) is 9.59 Å². The Kier molecular flexibility index (Phi) is 3.29. The molecule has 1 aromatic carbocycles. The van der Waals surface area contributed by atoms with E-state index in [1.807, 2.05) is 6.92 Å². The zero-order valence-corrected chi connectivity index (χ0v) is 10.3. The van der Waals surface area contributed by atoms with Crippen molar-refractivity contribution in [3.63, 3.8) is 0 Å². The monoisotopic (exact) mass is 256 g/mol. The van der Waals surface area contributed by atoms with Crippen molar-refractivity contribution in [2.24, 2.45) is 0 Å². The van der Waals surface area contributed by atoms with Crippen molar-refractivity contribution in [3.05, 3.63) is 69.9 Å². The topological polar surface area (TPSA) is 83.1 Å². The van der Waals surface area contributed by atoms with Crippen LogP contribution in [0, 0.1) is 6.92 Å². The number of hydrogen-bond acceptors (Lipinski definition) is 4. The highest BCUT2D eigenvalue weighted by atomic mass is 16.3. The minimum absolute atomic E-state index is 0.0505. The summed E-state index contributed by atoms with van der Waals surface area (Å²) < 4.78 is 0. The molecule has 0 aliphatic heterocycles. The number of nitrogens with one attached hydrogen (secondary N) is 1. The number of aromatic nitrogens is 2. The lowest BCUT2D eigenvalue weighted by Gasteiger charge is -2.02. The highest BCUT2D eigenvalue weighted by molar-refractivity contribution is 6.08. The molecule has 1 heterocycles. The first-order valence-corrected chi connectivity index (χ1v) is 5.58. The fraction of sp³-hybridized carbons (Fsp3) is 0.0714. The Balaban J connectivity index is 2.42. The van der Waals surface area contributed by atoms with E-state index in [1.165, 1.54) is 0 Å². The SMILES string of the molecule is C=C(O)c1ncc(C(=O)c2ccc(C)cc2)c(=O)[nH]1. The summed E-state index contributed by atoms with van der Waals surface area (Å²) in [6.07, 6.45) is 1.14. The third kappa shape index (κ3) is 2.60. The van der Waals surface area contributed by atoms with Crippen LogP contribution in [0.15, 0.2) is 41.8 Å². The maximum Gasteiger partial charge on any atom is 0.262 e. The summed E-state index contributed by atoms with van der Waals surface area (Å²) in [7, 11) is 0. The van der Waals surface area contributed by atoms with Crippen molar-refractivity contribution in [2.75, 3.05) is 0 Å². The lowest BCUT2D eigenvalue weighted by molar-refractivity contribution is 0.103. The number of carbonyl (C=O) groups is 1. The second-order valence-electron chi connectivity index (χ2n) is 4.12. The molecule has 0 fully saturated rings. The van der Waals surface area contributed by atoms with Gasteiger partial charge in [0.15, 0.2) is 17.4 Å². The molecule has 96 valence electrons. The minimum atomic E-state index is -0.606. The van der Waals surface area contributed by atoms with Gasteiger partial charge < -0.3 is 10.1 Å². The number of aliphatic hydroxyl groups excluding tert-OH is 1. The predicted molar refractivity (Wildman–Crippen MR) is 71.1 cm³/mol. The molecule has 0 aliphatic carbocycles. The molecule has 2 rings (SSSR count). The fourth-order valence-electron chi connectivity index (χ4n) is 1.56. The summed E-state index contributed by atoms with van der Waals surface area (Å²) in [5.74, 6) is -0.819. The predicted octanol–water partition coefficient (Wildman–Crippen LogP) is 1.84. The van der Waals surface area contributed by atoms with Crippen LogP contribution in [-0.2, 0) is 0 Å². The Morgan fingerprint density at radius 3 is 2.47 bits per heavy atom. The van der Waals surface area contributed by atoms with Gasteiger partial charge in [0.1, 0.15) is 5.56 Å². The van der Waals surface area contributed by atoms with Crippen LogP contribution in [-0.4, -0.2) is 20.9 Å². The zero-order chi connectivity index (χ0) is 14.0. The summed E-state index contributed by atoms with van der Waals surface area (Å²) in [5, 5.41) is 9.11. The first kappa shape index (κ1) is 12.8. The first-order chi connectivity index (χ1) is 8.99. The van der Waals surface area contributed by atoms with Gasteiger partial charge in [-0.25, -0.2) is 4.98 Å². The zero-order valence-electron chi connectivity index (χ0n) is 10.3. The second-order valence-corrected chi connectivity index (χ2v) is 4.12. The number of aromatic amines is 1. The molecular formula is C14H12N2O3. The molecule has 2 aromatic rings. The summed E-state index contributed by atoms with van der Waals surface area (Å²) >= 11 is 0. The summed E-state index contributed by atoms with van der Waals surface area (Å²) in [6.45, 7) is 5.15. The van der Waals surface area contributed by atoms with Crippen LogP contribution >= 0.6 is 0 Å². The third-order valence-corrected chi connectivity index (χ3v) is 2.63. The van der Waals surface area contributed by atoms with E-state index < -0.39 is 11.3 Å². The van der Waals surface area contributed by atoms with E-state index in [1.54, 1.807) is 24.3 Å². The van der Waals surface area contributed by atoms with Crippen LogP contribution in [0.3, 0.4) is 0 Å². The van der Waals surface area contributed by atoms with Crippen LogP contribution in [0.4, 0.5) is 0 Å². The number of carbonyl (C=O) groups excluding carboxylic acids is 1. The number of H-pyrrole nitrogens is 1. The normalized spacial score (nSPS) is 10.2. The second kappa shape index (κ2) is 4.89. The summed E-state index contributed by atoms with van der Waals surface area (Å²) in [6, 6.07) is 6.88. The molecule has 1 aromatic heterocycles. The smallest absolute Gasteiger partial charge is 0.262 e. The average molecular weight is 256 g/mol. The van der Waals surface area contributed by atoms with Crippen LogP contribution in [0.1, 0.15) is 27.3 Å². The highest BCUT2D eigenvalue weighted by Gasteiger charge is 2.14. The maximum atomic E-state index is 12.1. The van der Waals surface area contributed by atoms with Gasteiger partial charge in [-0.1, -0.05) is 36.4 Å². The molecule has 0 radical (unpaired) electrons. The number of aryl methyl sites for hydroxylation is 1. The van der Waals surface area contributed by atoms with Gasteiger partial charge in [-0.15, -0.1) is 0 Å². The quantitative estimate of drug-likeness (QED) is 0.648. The molecule has 0 amide bonds. The van der Waals surface area contributed by atoms with Crippen molar-refractivity contribution < 1.29 is 9.90 Å². The van der Waals surface area contributed by atoms with Gasteiger partial charge in [-0.2, -0.15) is 0 Å². The van der Waals surface area contributed by atoms with E-state index in [4.69, 9.17) is 5.11 Å². The number of aliphatic hydroxyl groups is 1. The Morgan fingerprint density at radius 2 is 1.95 bits per heavy atom. The van der Waals surface area contributed by atoms with Crippen molar-refractivity contribution in [1.82, 2.24) is 9.97 Å². The number of ketones is 1. The van der Waals surface area contributed by atoms with E-state index in [2.05, 4.69) is 16.5 Å². The molecular weight excluding hydrogens is 244 g/mol. The first-order valence-electron chi connectivity index (χ1n) is 5.58. The summed E-state index contributed by atoms with van der Waals surface area (Å²) in [4.78, 5) is 29.9. The van der Waals surface area contributed by atoms with Gasteiger partial charge in [0.25, 0.3) is 5.56 Å². The lowest BCUT2D eigenvalue weighted by Crippen LogP contribution is -2.20. The van der Waals surface area contributed by atoms with Crippen LogP contribution < -0.4 is 5.56 Å². The summed E-state index contributed by atoms with van der Waals surface area (Å²) in [5.41, 5.74) is 0.753. The third-order valence-electron chi connectivity index (χ3n) is 2.63. The molecule has 2 N–H and O–H groups in total. The van der Waals surface area contributed by atoms with Crippen molar-refractivity contribution in [2.45, 2.75) is 6.92 Å². The van der Waals surface area contributed by atoms with Gasteiger partial charge in [-0.3, -0.25) is 9.59 Å². The molecule has 0 aliphatic rings. The molecule has 0 unspecified atom stereocenters. The van der Waals surface area contributed by atoms with Gasteiger partial charge in [-0.05, 0) is 6.92 Å². The molecule has 0 spiro atoms. The molecule has 0 bridgehead atoms. The van der Waals surface area contributed by atoms with Crippen molar-refractivity contribution >= 4 is 11.5 Å². The van der Waals surface area contributed by atoms with Crippen LogP contribution in [0.25, 0.3) is 5.76 Å². The Bertz CT molecular complexity index is 699. The van der Waals surface area contributed by atoms with Crippen LogP contribution in [0.5, 0.6) is 0 Å². The maximum absolute atomic E-state index is 12.1. The number of nitrogens with zero attached hydrogens (tertiary/aromatic N) is 1. The van der Waals surface area contributed by atoms with E-state index >= 15 is 0 Å². The molecule has 5 heteroatoms. The number of rotatable bonds is 3. The molecule has 0 atom stereocenters. The van der Waals surface area contributed by atoms with Crippen molar-refractivity contribution in [1.29, 1.82) is 0 Å². The molecule has 5 nitrogen and oxygen atoms in total. The minimum Gasteiger partial charge on any atom is -0.505 e. The number of hydrogen-bond donors (Lipinski definition) is 2. The van der Waals surface area contributed by atoms with E-state index in [-0.39, 0.29) is 17.1 Å². The lowest BCUT2D eigenvalue weighted by atomic mass is 10.0. The highest BCUT2D eigenvalue weighted by Crippen LogP contribution is 2.08. The van der Waals surface area contributed by atoms with E-state index in [0.717, 1.165) is 11.8 Å². The molecule has 0 saturated carbocycles. The van der Waals surface area contributed by atoms with Gasteiger partial charge in [0.05, 0.1) is 0 Å². The van der Waals surface area contributed by atoms with Crippen LogP contribution in [0.2, 0.25) is 0 Å². The molecule has 0 saturated heterocycles. The Hall–Kier alpha value is -2.69. The fourth-order valence-corrected chi connectivity index (χ4v) is 1.56. The molecule has 19 heavy (non-hydrogen) atoms. The number of benzene rings is 1. The van der Waals surface area contributed by atoms with Gasteiger partial charge >= 0.3 is 0 Å². The Labute approximate surface area is 109 Å². The largest absolute Gasteiger partial charge is 0.505 e. The standard InChI is InChI=1S/C14H12N2O3/c1-8-3-5-10(6-4-8)12(18)11-7-15-13(9(2)17)16-14(11)19/h3-7,17H,2H2,1H3,(H,15,16,19). The van der Waals surface area contributed by atoms with Crippen molar-refractivity contribution in [3.8, 4) is 0 Å². The Morgan fingerprint density at radius 1 is 1.32 bits per heavy atom. The van der Waals surface area contributed by atoms with Gasteiger partial charge in [0.2, 0.25) is 0 Å². The average Bonchev–Trinajstić information content (AvgIpc) is 2.38. The van der Waals surface area contributed by atoms with Gasteiger partial charge in [0, 0.05) is 11.8 Å².